The molecule has 0 spiro atoms. The van der Waals surface area contributed by atoms with Gasteiger partial charge in [-0.1, -0.05) is 42.0 Å². The van der Waals surface area contributed by atoms with Crippen LogP contribution in [0.4, 0.5) is 0 Å². The van der Waals surface area contributed by atoms with Gasteiger partial charge in [0.1, 0.15) is 0 Å². The highest BCUT2D eigenvalue weighted by Gasteiger charge is 2.28. The first kappa shape index (κ1) is 17.7. The van der Waals surface area contributed by atoms with Crippen LogP contribution in [-0.4, -0.2) is 19.2 Å². The minimum Gasteiger partial charge on any atom is -0.466 e. The Kier molecular flexibility index (Phi) is 7.34. The summed E-state index contributed by atoms with van der Waals surface area (Å²) in [5, 5.41) is 0. The maximum atomic E-state index is 11.8. The zero-order valence-electron chi connectivity index (χ0n) is 14.3. The highest BCUT2D eigenvalue weighted by molar-refractivity contribution is 5.70. The summed E-state index contributed by atoms with van der Waals surface area (Å²) in [7, 11) is 0. The largest absolute Gasteiger partial charge is 0.466 e. The third kappa shape index (κ3) is 5.83. The average molecular weight is 316 g/mol. The molecule has 0 saturated carbocycles. The Morgan fingerprint density at radius 1 is 1.26 bits per heavy atom. The van der Waals surface area contributed by atoms with Gasteiger partial charge in [0.25, 0.3) is 0 Å². The van der Waals surface area contributed by atoms with E-state index in [1.165, 1.54) is 11.1 Å². The van der Waals surface area contributed by atoms with E-state index >= 15 is 0 Å². The molecule has 3 nitrogen and oxygen atoms in total. The molecule has 1 aromatic rings. The highest BCUT2D eigenvalue weighted by atomic mass is 16.5. The van der Waals surface area contributed by atoms with Gasteiger partial charge in [-0.2, -0.15) is 0 Å². The van der Waals surface area contributed by atoms with Crippen molar-refractivity contribution in [2.24, 2.45) is 11.8 Å². The van der Waals surface area contributed by atoms with Crippen LogP contribution in [0.15, 0.2) is 42.0 Å². The lowest BCUT2D eigenvalue weighted by Crippen LogP contribution is -2.24. The van der Waals surface area contributed by atoms with E-state index in [2.05, 4.69) is 25.1 Å². The van der Waals surface area contributed by atoms with Crippen LogP contribution in [0.1, 0.15) is 45.1 Å². The molecule has 0 N–H and O–H groups in total. The Morgan fingerprint density at radius 3 is 2.78 bits per heavy atom. The Morgan fingerprint density at radius 2 is 2.04 bits per heavy atom. The predicted octanol–water partition coefficient (Wildman–Crippen LogP) is 4.52. The zero-order valence-corrected chi connectivity index (χ0v) is 14.3. The van der Waals surface area contributed by atoms with E-state index in [1.807, 2.05) is 25.1 Å². The molecule has 126 valence electrons. The summed E-state index contributed by atoms with van der Waals surface area (Å²) in [6.07, 6.45) is 6.01. The standard InChI is InChI=1S/C20H28O3/c1-3-23-20(21)14-19-16(2)8-7-11-18(19)12-13-22-15-17-9-5-4-6-10-17/h4-6,8-10,18-19H,3,7,11-15H2,1-2H3. The Balaban J connectivity index is 1.79. The van der Waals surface area contributed by atoms with Crippen LogP contribution in [-0.2, 0) is 20.9 Å². The number of allylic oxidation sites excluding steroid dienone is 2. The van der Waals surface area contributed by atoms with Crippen LogP contribution in [0.3, 0.4) is 0 Å². The molecule has 3 heteroatoms. The molecule has 0 radical (unpaired) electrons. The molecule has 0 saturated heterocycles. The van der Waals surface area contributed by atoms with E-state index in [1.54, 1.807) is 0 Å². The SMILES string of the molecule is CCOC(=O)CC1C(C)=CCCC1CCOCc1ccccc1. The number of hydrogen-bond acceptors (Lipinski definition) is 3. The van der Waals surface area contributed by atoms with Crippen molar-refractivity contribution in [3.8, 4) is 0 Å². The van der Waals surface area contributed by atoms with Gasteiger partial charge in [0.2, 0.25) is 0 Å². The molecule has 0 aromatic heterocycles. The quantitative estimate of drug-likeness (QED) is 0.402. The molecular formula is C20H28O3. The summed E-state index contributed by atoms with van der Waals surface area (Å²) in [6, 6.07) is 10.2. The molecule has 23 heavy (non-hydrogen) atoms. The lowest BCUT2D eigenvalue weighted by atomic mass is 9.75. The molecular weight excluding hydrogens is 288 g/mol. The summed E-state index contributed by atoms with van der Waals surface area (Å²) in [5.41, 5.74) is 2.53. The Bertz CT molecular complexity index is 507. The molecule has 0 fully saturated rings. The van der Waals surface area contributed by atoms with Crippen LogP contribution in [0, 0.1) is 11.8 Å². The molecule has 1 aliphatic rings. The molecule has 0 bridgehead atoms. The third-order valence-corrected chi connectivity index (χ3v) is 4.59. The van der Waals surface area contributed by atoms with Crippen molar-refractivity contribution in [2.45, 2.75) is 46.1 Å². The molecule has 0 aliphatic heterocycles. The van der Waals surface area contributed by atoms with Crippen LogP contribution >= 0.6 is 0 Å². The molecule has 1 aromatic carbocycles. The van der Waals surface area contributed by atoms with E-state index < -0.39 is 0 Å². The van der Waals surface area contributed by atoms with Crippen molar-refractivity contribution in [3.05, 3.63) is 47.5 Å². The monoisotopic (exact) mass is 316 g/mol. The van der Waals surface area contributed by atoms with Crippen molar-refractivity contribution in [1.82, 2.24) is 0 Å². The maximum absolute atomic E-state index is 11.8. The van der Waals surface area contributed by atoms with Crippen molar-refractivity contribution in [2.75, 3.05) is 13.2 Å². The number of carbonyl (C=O) groups excluding carboxylic acids is 1. The average Bonchev–Trinajstić information content (AvgIpc) is 2.55. The molecule has 2 unspecified atom stereocenters. The normalized spacial score (nSPS) is 20.9. The van der Waals surface area contributed by atoms with Crippen molar-refractivity contribution in [3.63, 3.8) is 0 Å². The number of hydrogen-bond donors (Lipinski definition) is 0. The van der Waals surface area contributed by atoms with Crippen molar-refractivity contribution in [1.29, 1.82) is 0 Å². The Hall–Kier alpha value is -1.61. The smallest absolute Gasteiger partial charge is 0.306 e. The van der Waals surface area contributed by atoms with Crippen molar-refractivity contribution < 1.29 is 14.3 Å². The number of esters is 1. The molecule has 1 aliphatic carbocycles. The fraction of sp³-hybridized carbons (Fsp3) is 0.550. The second kappa shape index (κ2) is 9.51. The summed E-state index contributed by atoms with van der Waals surface area (Å²) in [4.78, 5) is 11.8. The van der Waals surface area contributed by atoms with Gasteiger partial charge in [0.05, 0.1) is 19.6 Å². The fourth-order valence-corrected chi connectivity index (χ4v) is 3.32. The van der Waals surface area contributed by atoms with E-state index in [0.29, 0.717) is 31.5 Å². The summed E-state index contributed by atoms with van der Waals surface area (Å²) >= 11 is 0. The topological polar surface area (TPSA) is 35.5 Å². The number of ether oxygens (including phenoxy) is 2. The van der Waals surface area contributed by atoms with E-state index in [4.69, 9.17) is 9.47 Å². The summed E-state index contributed by atoms with van der Waals surface area (Å²) in [5.74, 6) is 0.741. The number of benzene rings is 1. The number of carbonyl (C=O) groups is 1. The fourth-order valence-electron chi connectivity index (χ4n) is 3.32. The second-order valence-electron chi connectivity index (χ2n) is 6.23. The first-order valence-corrected chi connectivity index (χ1v) is 8.64. The lowest BCUT2D eigenvalue weighted by molar-refractivity contribution is -0.144. The van der Waals surface area contributed by atoms with Gasteiger partial charge in [-0.05, 0) is 50.5 Å². The van der Waals surface area contributed by atoms with Crippen LogP contribution in [0.25, 0.3) is 0 Å². The second-order valence-corrected chi connectivity index (χ2v) is 6.23. The third-order valence-electron chi connectivity index (χ3n) is 4.59. The van der Waals surface area contributed by atoms with Gasteiger partial charge in [0.15, 0.2) is 0 Å². The predicted molar refractivity (Wildman–Crippen MR) is 91.9 cm³/mol. The first-order chi connectivity index (χ1) is 11.2. The first-order valence-electron chi connectivity index (χ1n) is 8.64. The highest BCUT2D eigenvalue weighted by Crippen LogP contribution is 2.35. The van der Waals surface area contributed by atoms with E-state index in [0.717, 1.165) is 25.9 Å². The van der Waals surface area contributed by atoms with Gasteiger partial charge in [-0.25, -0.2) is 0 Å². The van der Waals surface area contributed by atoms with Gasteiger partial charge >= 0.3 is 5.97 Å². The van der Waals surface area contributed by atoms with Gasteiger partial charge in [-0.3, -0.25) is 4.79 Å². The molecule has 2 rings (SSSR count). The summed E-state index contributed by atoms with van der Waals surface area (Å²) < 4.78 is 11.0. The summed E-state index contributed by atoms with van der Waals surface area (Å²) in [6.45, 7) is 5.85. The lowest BCUT2D eigenvalue weighted by Gasteiger charge is -2.31. The van der Waals surface area contributed by atoms with Gasteiger partial charge < -0.3 is 9.47 Å². The van der Waals surface area contributed by atoms with Gasteiger partial charge in [0, 0.05) is 6.61 Å². The van der Waals surface area contributed by atoms with Crippen LogP contribution in [0.2, 0.25) is 0 Å². The van der Waals surface area contributed by atoms with Gasteiger partial charge in [-0.15, -0.1) is 0 Å². The minimum absolute atomic E-state index is 0.0812. The van der Waals surface area contributed by atoms with Crippen molar-refractivity contribution >= 4 is 5.97 Å². The molecule has 0 heterocycles. The number of rotatable bonds is 8. The molecule has 2 atom stereocenters. The van der Waals surface area contributed by atoms with E-state index in [9.17, 15) is 4.79 Å². The van der Waals surface area contributed by atoms with Crippen LogP contribution in [0.5, 0.6) is 0 Å². The zero-order chi connectivity index (χ0) is 16.5. The maximum Gasteiger partial charge on any atom is 0.306 e. The minimum atomic E-state index is -0.0812. The van der Waals surface area contributed by atoms with Crippen LogP contribution < -0.4 is 0 Å². The Labute approximate surface area is 139 Å². The molecule has 0 amide bonds. The van der Waals surface area contributed by atoms with E-state index in [-0.39, 0.29) is 5.97 Å².